The highest BCUT2D eigenvalue weighted by Gasteiger charge is 2.28. The molecule has 1 saturated heterocycles. The molecule has 0 N–H and O–H groups in total. The molecule has 8 heteroatoms. The lowest BCUT2D eigenvalue weighted by Crippen LogP contribution is -2.37. The van der Waals surface area contributed by atoms with E-state index in [1.165, 1.54) is 0 Å². The van der Waals surface area contributed by atoms with Gasteiger partial charge >= 0.3 is 0 Å². The zero-order chi connectivity index (χ0) is 24.8. The maximum absolute atomic E-state index is 13.5. The fourth-order valence-electron chi connectivity index (χ4n) is 4.28. The van der Waals surface area contributed by atoms with Crippen molar-refractivity contribution in [2.24, 2.45) is 0 Å². The van der Waals surface area contributed by atoms with Crippen LogP contribution in [0, 0.1) is 6.92 Å². The number of carbonyl (C=O) groups is 1. The van der Waals surface area contributed by atoms with Crippen LogP contribution in [0.2, 0.25) is 0 Å². The summed E-state index contributed by atoms with van der Waals surface area (Å²) in [6.45, 7) is 7.37. The highest BCUT2D eigenvalue weighted by atomic mass is 32.2. The Bertz CT molecular complexity index is 1260. The van der Waals surface area contributed by atoms with Crippen molar-refractivity contribution in [3.63, 3.8) is 0 Å². The van der Waals surface area contributed by atoms with E-state index in [1.807, 2.05) is 49.4 Å². The summed E-state index contributed by atoms with van der Waals surface area (Å²) in [5, 5.41) is -0.0175. The van der Waals surface area contributed by atoms with E-state index in [-0.39, 0.29) is 36.0 Å². The molecule has 7 nitrogen and oxygen atoms in total. The van der Waals surface area contributed by atoms with E-state index in [0.29, 0.717) is 30.0 Å². The molecule has 0 bridgehead atoms. The van der Waals surface area contributed by atoms with Gasteiger partial charge < -0.3 is 14.2 Å². The third-order valence-electron chi connectivity index (χ3n) is 6.08. The Kier molecular flexibility index (Phi) is 7.83. The summed E-state index contributed by atoms with van der Waals surface area (Å²) in [6.07, 6.45) is 5.00. The highest BCUT2D eigenvalue weighted by molar-refractivity contribution is 7.90. The minimum atomic E-state index is -3.70. The number of carbonyl (C=O) groups excluding carboxylic acids is 1. The van der Waals surface area contributed by atoms with E-state index < -0.39 is 9.84 Å². The third kappa shape index (κ3) is 6.07. The zero-order valence-electron chi connectivity index (χ0n) is 20.0. The molecule has 2 aromatic carbocycles. The maximum atomic E-state index is 13.5. The average molecular weight is 494 g/mol. The first-order valence-corrected chi connectivity index (χ1v) is 13.4. The normalized spacial score (nSPS) is 15.7. The average Bonchev–Trinajstić information content (AvgIpc) is 3.50. The van der Waals surface area contributed by atoms with E-state index in [1.54, 1.807) is 33.9 Å². The van der Waals surface area contributed by atoms with Crippen LogP contribution in [0.5, 0.6) is 0 Å². The van der Waals surface area contributed by atoms with Crippen LogP contribution in [0.4, 0.5) is 0 Å². The molecule has 0 spiro atoms. The Balaban J connectivity index is 1.64. The largest absolute Gasteiger partial charge is 0.376 e. The summed E-state index contributed by atoms with van der Waals surface area (Å²) in [7, 11) is -3.70. The molecule has 35 heavy (non-hydrogen) atoms. The Morgan fingerprint density at radius 1 is 1.20 bits per heavy atom. The molecule has 184 valence electrons. The number of allylic oxidation sites excluding steroid dienone is 1. The van der Waals surface area contributed by atoms with Gasteiger partial charge in [-0.1, -0.05) is 54.1 Å². The van der Waals surface area contributed by atoms with Crippen LogP contribution in [0.25, 0.3) is 0 Å². The molecule has 1 amide bonds. The molecule has 1 aliphatic rings. The first-order valence-electron chi connectivity index (χ1n) is 11.8. The summed E-state index contributed by atoms with van der Waals surface area (Å²) >= 11 is 0. The predicted molar refractivity (Wildman–Crippen MR) is 135 cm³/mol. The molecule has 1 fully saturated rings. The molecule has 1 atom stereocenters. The smallest absolute Gasteiger partial charge is 0.254 e. The van der Waals surface area contributed by atoms with Gasteiger partial charge in [-0.3, -0.25) is 4.79 Å². The van der Waals surface area contributed by atoms with Crippen molar-refractivity contribution in [1.82, 2.24) is 14.5 Å². The number of hydrogen-bond donors (Lipinski definition) is 0. The Morgan fingerprint density at radius 2 is 1.94 bits per heavy atom. The summed E-state index contributed by atoms with van der Waals surface area (Å²) in [6, 6.07) is 16.5. The van der Waals surface area contributed by atoms with Crippen molar-refractivity contribution in [1.29, 1.82) is 0 Å². The number of rotatable bonds is 10. The van der Waals surface area contributed by atoms with Gasteiger partial charge in [0.2, 0.25) is 15.0 Å². The quantitative estimate of drug-likeness (QED) is 0.396. The van der Waals surface area contributed by atoms with Crippen molar-refractivity contribution in [2.45, 2.75) is 49.9 Å². The minimum absolute atomic E-state index is 0.0175. The van der Waals surface area contributed by atoms with Crippen molar-refractivity contribution in [2.75, 3.05) is 13.2 Å². The first-order chi connectivity index (χ1) is 16.9. The molecule has 2 heterocycles. The molecule has 4 rings (SSSR count). The van der Waals surface area contributed by atoms with Gasteiger partial charge in [-0.05, 0) is 37.5 Å². The number of imidazole rings is 1. The SMILES string of the molecule is C=CCn1c(CN(C[C@H]2CCCO2)C(=O)c2ccc(C)cc2)cnc1S(=O)(=O)Cc1ccccc1. The fourth-order valence-corrected chi connectivity index (χ4v) is 5.78. The van der Waals surface area contributed by atoms with Crippen LogP contribution >= 0.6 is 0 Å². The number of aromatic nitrogens is 2. The summed E-state index contributed by atoms with van der Waals surface area (Å²) in [5.74, 6) is -0.274. The maximum Gasteiger partial charge on any atom is 0.254 e. The van der Waals surface area contributed by atoms with Crippen molar-refractivity contribution in [3.8, 4) is 0 Å². The second-order valence-corrected chi connectivity index (χ2v) is 10.7. The number of sulfone groups is 1. The monoisotopic (exact) mass is 493 g/mol. The van der Waals surface area contributed by atoms with Gasteiger partial charge in [-0.25, -0.2) is 13.4 Å². The molecule has 0 aliphatic carbocycles. The fraction of sp³-hybridized carbons (Fsp3) is 0.333. The van der Waals surface area contributed by atoms with Crippen LogP contribution in [-0.2, 0) is 33.4 Å². The van der Waals surface area contributed by atoms with Gasteiger partial charge in [0.1, 0.15) is 0 Å². The molecule has 0 unspecified atom stereocenters. The van der Waals surface area contributed by atoms with E-state index in [2.05, 4.69) is 11.6 Å². The number of aryl methyl sites for hydroxylation is 1. The van der Waals surface area contributed by atoms with Gasteiger partial charge in [0.25, 0.3) is 5.91 Å². The Hall–Kier alpha value is -3.23. The van der Waals surface area contributed by atoms with E-state index in [0.717, 1.165) is 18.4 Å². The molecule has 3 aromatic rings. The third-order valence-corrected chi connectivity index (χ3v) is 7.67. The van der Waals surface area contributed by atoms with Gasteiger partial charge in [0, 0.05) is 25.3 Å². The van der Waals surface area contributed by atoms with E-state index >= 15 is 0 Å². The standard InChI is InChI=1S/C27H31N3O4S/c1-3-15-30-24(17-28-27(30)35(32,33)20-22-8-5-4-6-9-22)18-29(19-25-10-7-16-34-25)26(31)23-13-11-21(2)12-14-23/h3-6,8-9,11-14,17,25H,1,7,10,15-16,18-20H2,2H3/t25-/m1/s1. The Labute approximate surface area is 207 Å². The molecule has 1 aromatic heterocycles. The highest BCUT2D eigenvalue weighted by Crippen LogP contribution is 2.21. The molecule has 0 radical (unpaired) electrons. The van der Waals surface area contributed by atoms with Crippen LogP contribution in [0.3, 0.4) is 0 Å². The number of nitrogens with zero attached hydrogens (tertiary/aromatic N) is 3. The predicted octanol–water partition coefficient (Wildman–Crippen LogP) is 4.17. The first kappa shape index (κ1) is 24.9. The van der Waals surface area contributed by atoms with Gasteiger partial charge in [0.05, 0.1) is 30.3 Å². The van der Waals surface area contributed by atoms with Crippen molar-refractivity contribution < 1.29 is 17.9 Å². The number of benzene rings is 2. The van der Waals surface area contributed by atoms with E-state index in [9.17, 15) is 13.2 Å². The lowest BCUT2D eigenvalue weighted by Gasteiger charge is -2.26. The van der Waals surface area contributed by atoms with Crippen LogP contribution in [0.15, 0.2) is 78.6 Å². The summed E-state index contributed by atoms with van der Waals surface area (Å²) in [4.78, 5) is 19.5. The molecule has 0 saturated carbocycles. The molecule has 1 aliphatic heterocycles. The lowest BCUT2D eigenvalue weighted by atomic mass is 10.1. The zero-order valence-corrected chi connectivity index (χ0v) is 20.8. The summed E-state index contributed by atoms with van der Waals surface area (Å²) < 4.78 is 33.9. The number of hydrogen-bond acceptors (Lipinski definition) is 5. The van der Waals surface area contributed by atoms with Gasteiger partial charge in [-0.2, -0.15) is 0 Å². The lowest BCUT2D eigenvalue weighted by molar-refractivity contribution is 0.0502. The van der Waals surface area contributed by atoms with Crippen LogP contribution in [-0.4, -0.2) is 48.0 Å². The topological polar surface area (TPSA) is 81.5 Å². The van der Waals surface area contributed by atoms with Gasteiger partial charge in [-0.15, -0.1) is 6.58 Å². The number of amides is 1. The van der Waals surface area contributed by atoms with Crippen LogP contribution in [0.1, 0.15) is 40.0 Å². The Morgan fingerprint density at radius 3 is 2.60 bits per heavy atom. The van der Waals surface area contributed by atoms with E-state index in [4.69, 9.17) is 4.74 Å². The molecular weight excluding hydrogens is 462 g/mol. The summed E-state index contributed by atoms with van der Waals surface area (Å²) in [5.41, 5.74) is 2.98. The molecular formula is C27H31N3O4S. The second-order valence-electron chi connectivity index (χ2n) is 8.86. The number of ether oxygens (including phenoxy) is 1. The van der Waals surface area contributed by atoms with Crippen LogP contribution < -0.4 is 0 Å². The second kappa shape index (κ2) is 11.0. The minimum Gasteiger partial charge on any atom is -0.376 e. The van der Waals surface area contributed by atoms with Crippen molar-refractivity contribution >= 4 is 15.7 Å². The van der Waals surface area contributed by atoms with Gasteiger partial charge in [0.15, 0.2) is 0 Å². The van der Waals surface area contributed by atoms with Crippen molar-refractivity contribution in [3.05, 3.63) is 95.8 Å².